The van der Waals surface area contributed by atoms with Crippen molar-refractivity contribution in [1.82, 2.24) is 5.32 Å². The van der Waals surface area contributed by atoms with Crippen LogP contribution in [0.4, 0.5) is 0 Å². The van der Waals surface area contributed by atoms with E-state index in [9.17, 15) is 0 Å². The Bertz CT molecular complexity index is 271. The van der Waals surface area contributed by atoms with Crippen molar-refractivity contribution in [2.24, 2.45) is 0 Å². The summed E-state index contributed by atoms with van der Waals surface area (Å²) in [4.78, 5) is 0. The van der Waals surface area contributed by atoms with Crippen LogP contribution in [0.15, 0.2) is 18.2 Å². The molecule has 2 heteroatoms. The average Bonchev–Trinajstić information content (AvgIpc) is 2.09. The van der Waals surface area contributed by atoms with E-state index in [1.165, 1.54) is 11.1 Å². The molecule has 1 aromatic carbocycles. The molecule has 0 bridgehead atoms. The lowest BCUT2D eigenvalue weighted by Gasteiger charge is -2.04. The second-order valence-corrected chi connectivity index (χ2v) is 3.71. The summed E-state index contributed by atoms with van der Waals surface area (Å²) in [5.41, 5.74) is 2.48. The van der Waals surface area contributed by atoms with Gasteiger partial charge in [0.2, 0.25) is 0 Å². The number of halogens is 1. The lowest BCUT2D eigenvalue weighted by Crippen LogP contribution is -2.08. The van der Waals surface area contributed by atoms with Gasteiger partial charge in [-0.15, -0.1) is 0 Å². The average molecular weight is 198 g/mol. The maximum atomic E-state index is 6.09. The van der Waals surface area contributed by atoms with Gasteiger partial charge in [0.05, 0.1) is 0 Å². The molecule has 1 rings (SSSR count). The number of nitrogens with one attached hydrogen (secondary N) is 1. The molecule has 0 aliphatic carbocycles. The lowest BCUT2D eigenvalue weighted by atomic mass is 10.1. The normalized spacial score (nSPS) is 10.4. The number of aryl methyl sites for hydroxylation is 2. The molecule has 1 nitrogen and oxygen atoms in total. The van der Waals surface area contributed by atoms with Gasteiger partial charge in [-0.2, -0.15) is 0 Å². The van der Waals surface area contributed by atoms with Crippen LogP contribution in [-0.2, 0) is 6.42 Å². The molecular weight excluding hydrogens is 182 g/mol. The Hall–Kier alpha value is -0.530. The van der Waals surface area contributed by atoms with Crippen molar-refractivity contribution < 1.29 is 0 Å². The van der Waals surface area contributed by atoms with Gasteiger partial charge in [-0.05, 0) is 50.6 Å². The molecule has 0 amide bonds. The second kappa shape index (κ2) is 5.25. The second-order valence-electron chi connectivity index (χ2n) is 3.30. The largest absolute Gasteiger partial charge is 0.320 e. The molecule has 0 radical (unpaired) electrons. The molecule has 1 aromatic rings. The van der Waals surface area contributed by atoms with Crippen LogP contribution in [0.3, 0.4) is 0 Å². The highest BCUT2D eigenvalue weighted by atomic mass is 35.5. The first kappa shape index (κ1) is 10.6. The first-order chi connectivity index (χ1) is 6.24. The van der Waals surface area contributed by atoms with E-state index in [4.69, 9.17) is 11.6 Å². The quantitative estimate of drug-likeness (QED) is 0.733. The van der Waals surface area contributed by atoms with Crippen molar-refractivity contribution in [3.63, 3.8) is 0 Å². The third kappa shape index (κ3) is 3.37. The molecule has 0 saturated heterocycles. The van der Waals surface area contributed by atoms with Crippen LogP contribution in [0.25, 0.3) is 0 Å². The minimum Gasteiger partial charge on any atom is -0.320 e. The van der Waals surface area contributed by atoms with Crippen molar-refractivity contribution >= 4 is 11.6 Å². The predicted octanol–water partition coefficient (Wildman–Crippen LogP) is 2.80. The van der Waals surface area contributed by atoms with E-state index in [-0.39, 0.29) is 0 Å². The summed E-state index contributed by atoms with van der Waals surface area (Å²) in [6, 6.07) is 6.25. The lowest BCUT2D eigenvalue weighted by molar-refractivity contribution is 0.725. The van der Waals surface area contributed by atoms with Crippen LogP contribution in [0.1, 0.15) is 17.5 Å². The Morgan fingerprint density at radius 3 is 2.77 bits per heavy atom. The van der Waals surface area contributed by atoms with Crippen LogP contribution >= 0.6 is 11.6 Å². The predicted molar refractivity (Wildman–Crippen MR) is 58.4 cm³/mol. The zero-order valence-corrected chi connectivity index (χ0v) is 8.99. The van der Waals surface area contributed by atoms with Crippen molar-refractivity contribution in [1.29, 1.82) is 0 Å². The van der Waals surface area contributed by atoms with Crippen LogP contribution in [0.5, 0.6) is 0 Å². The molecule has 0 unspecified atom stereocenters. The Morgan fingerprint density at radius 1 is 1.38 bits per heavy atom. The van der Waals surface area contributed by atoms with Gasteiger partial charge in [-0.3, -0.25) is 0 Å². The Labute approximate surface area is 85.1 Å². The van der Waals surface area contributed by atoms with Gasteiger partial charge in [0.15, 0.2) is 0 Å². The molecule has 0 fully saturated rings. The van der Waals surface area contributed by atoms with E-state index < -0.39 is 0 Å². The molecule has 0 aliphatic heterocycles. The van der Waals surface area contributed by atoms with Gasteiger partial charge in [0, 0.05) is 5.02 Å². The van der Waals surface area contributed by atoms with Crippen molar-refractivity contribution in [3.05, 3.63) is 34.3 Å². The zero-order chi connectivity index (χ0) is 9.68. The molecule has 0 spiro atoms. The molecule has 1 N–H and O–H groups in total. The Kier molecular flexibility index (Phi) is 4.26. The first-order valence-corrected chi connectivity index (χ1v) is 5.01. The van der Waals surface area contributed by atoms with E-state index in [2.05, 4.69) is 24.4 Å². The molecule has 72 valence electrons. The summed E-state index contributed by atoms with van der Waals surface area (Å²) >= 11 is 6.09. The minimum atomic E-state index is 0.899. The van der Waals surface area contributed by atoms with Crippen LogP contribution < -0.4 is 5.32 Å². The summed E-state index contributed by atoms with van der Waals surface area (Å²) in [6.07, 6.45) is 2.19. The molecule has 0 heterocycles. The Balaban J connectivity index is 2.56. The van der Waals surface area contributed by atoms with Crippen molar-refractivity contribution in [2.75, 3.05) is 13.6 Å². The maximum Gasteiger partial charge on any atom is 0.0440 e. The smallest absolute Gasteiger partial charge is 0.0440 e. The third-order valence-electron chi connectivity index (χ3n) is 2.08. The topological polar surface area (TPSA) is 12.0 Å². The van der Waals surface area contributed by atoms with E-state index in [0.717, 1.165) is 24.4 Å². The monoisotopic (exact) mass is 197 g/mol. The van der Waals surface area contributed by atoms with Crippen LogP contribution in [-0.4, -0.2) is 13.6 Å². The number of hydrogen-bond donors (Lipinski definition) is 1. The fourth-order valence-corrected chi connectivity index (χ4v) is 1.64. The highest BCUT2D eigenvalue weighted by Crippen LogP contribution is 2.18. The molecule has 0 aliphatic rings. The fraction of sp³-hybridized carbons (Fsp3) is 0.455. The fourth-order valence-electron chi connectivity index (χ4n) is 1.31. The minimum absolute atomic E-state index is 0.899. The highest BCUT2D eigenvalue weighted by molar-refractivity contribution is 6.31. The molecule has 0 saturated carbocycles. The summed E-state index contributed by atoms with van der Waals surface area (Å²) < 4.78 is 0. The van der Waals surface area contributed by atoms with Crippen LogP contribution in [0.2, 0.25) is 5.02 Å². The van der Waals surface area contributed by atoms with Crippen molar-refractivity contribution in [3.8, 4) is 0 Å². The number of hydrogen-bond acceptors (Lipinski definition) is 1. The van der Waals surface area contributed by atoms with Gasteiger partial charge < -0.3 is 5.32 Å². The van der Waals surface area contributed by atoms with E-state index >= 15 is 0 Å². The van der Waals surface area contributed by atoms with E-state index in [1.807, 2.05) is 13.1 Å². The summed E-state index contributed by atoms with van der Waals surface area (Å²) in [6.45, 7) is 3.10. The van der Waals surface area contributed by atoms with E-state index in [0.29, 0.717) is 0 Å². The summed E-state index contributed by atoms with van der Waals surface area (Å²) in [5, 5.41) is 4.02. The number of benzene rings is 1. The molecule has 0 aromatic heterocycles. The van der Waals surface area contributed by atoms with E-state index in [1.54, 1.807) is 0 Å². The van der Waals surface area contributed by atoms with Crippen LogP contribution in [0, 0.1) is 6.92 Å². The molecule has 13 heavy (non-hydrogen) atoms. The molecule has 0 atom stereocenters. The maximum absolute atomic E-state index is 6.09. The highest BCUT2D eigenvalue weighted by Gasteiger charge is 1.99. The zero-order valence-electron chi connectivity index (χ0n) is 8.23. The number of rotatable bonds is 4. The SMILES string of the molecule is CNCCCc1ccc(C)cc1Cl. The third-order valence-corrected chi connectivity index (χ3v) is 2.43. The van der Waals surface area contributed by atoms with Gasteiger partial charge in [-0.25, -0.2) is 0 Å². The summed E-state index contributed by atoms with van der Waals surface area (Å²) in [7, 11) is 1.97. The van der Waals surface area contributed by atoms with Crippen molar-refractivity contribution in [2.45, 2.75) is 19.8 Å². The van der Waals surface area contributed by atoms with Gasteiger partial charge in [-0.1, -0.05) is 23.7 Å². The first-order valence-electron chi connectivity index (χ1n) is 4.63. The van der Waals surface area contributed by atoms with Gasteiger partial charge >= 0.3 is 0 Å². The van der Waals surface area contributed by atoms with Gasteiger partial charge in [0.1, 0.15) is 0 Å². The Morgan fingerprint density at radius 2 is 2.15 bits per heavy atom. The standard InChI is InChI=1S/C11H16ClN/c1-9-5-6-10(11(12)8-9)4-3-7-13-2/h5-6,8,13H,3-4,7H2,1-2H3. The van der Waals surface area contributed by atoms with Gasteiger partial charge in [0.25, 0.3) is 0 Å². The molecular formula is C11H16ClN. The summed E-state index contributed by atoms with van der Waals surface area (Å²) in [5.74, 6) is 0.